The van der Waals surface area contributed by atoms with Gasteiger partial charge in [0, 0.05) is 19.2 Å². The molecule has 0 aromatic rings. The molecule has 0 saturated heterocycles. The average molecular weight is 217 g/mol. The predicted molar refractivity (Wildman–Crippen MR) is 64.0 cm³/mol. The van der Waals surface area contributed by atoms with Crippen molar-refractivity contribution >= 4 is 0 Å². The fourth-order valence-corrected chi connectivity index (χ4v) is 1.02. The summed E-state index contributed by atoms with van der Waals surface area (Å²) in [5, 5.41) is 12.9. The monoisotopic (exact) mass is 217 g/mol. The molecule has 0 aliphatic rings. The summed E-state index contributed by atoms with van der Waals surface area (Å²) in [5.41, 5.74) is -0.669. The highest BCUT2D eigenvalue weighted by Gasteiger charge is 2.20. The van der Waals surface area contributed by atoms with E-state index >= 15 is 0 Å². The lowest BCUT2D eigenvalue weighted by Gasteiger charge is -2.26. The van der Waals surface area contributed by atoms with Gasteiger partial charge in [0.15, 0.2) is 0 Å². The number of nitrogens with one attached hydrogen (secondary N) is 1. The summed E-state index contributed by atoms with van der Waals surface area (Å²) in [5.74, 6) is 0.702. The van der Waals surface area contributed by atoms with Crippen molar-refractivity contribution in [1.29, 1.82) is 0 Å². The topological polar surface area (TPSA) is 41.5 Å². The second-order valence-electron chi connectivity index (χ2n) is 5.12. The Labute approximate surface area is 94.2 Å². The minimum atomic E-state index is -0.669. The molecule has 2 N–H and O–H groups in total. The van der Waals surface area contributed by atoms with Crippen molar-refractivity contribution in [2.24, 2.45) is 5.92 Å². The first-order valence-electron chi connectivity index (χ1n) is 5.87. The van der Waals surface area contributed by atoms with E-state index in [0.717, 1.165) is 19.6 Å². The Morgan fingerprint density at radius 2 is 1.80 bits per heavy atom. The van der Waals surface area contributed by atoms with Crippen molar-refractivity contribution in [3.05, 3.63) is 0 Å². The number of ether oxygens (including phenoxy) is 1. The van der Waals surface area contributed by atoms with Gasteiger partial charge in [-0.3, -0.25) is 0 Å². The molecule has 0 radical (unpaired) electrons. The lowest BCUT2D eigenvalue weighted by molar-refractivity contribution is 0.0395. The third-order valence-electron chi connectivity index (χ3n) is 2.60. The average Bonchev–Trinajstić information content (AvgIpc) is 2.08. The highest BCUT2D eigenvalue weighted by Crippen LogP contribution is 2.06. The predicted octanol–water partition coefficient (Wildman–Crippen LogP) is 1.80. The van der Waals surface area contributed by atoms with Gasteiger partial charge in [0.05, 0.1) is 12.2 Å². The molecule has 0 fully saturated rings. The summed E-state index contributed by atoms with van der Waals surface area (Å²) in [6.07, 6.45) is 1.11. The van der Waals surface area contributed by atoms with Crippen LogP contribution in [0.1, 0.15) is 41.0 Å². The Balaban J connectivity index is 3.32. The van der Waals surface area contributed by atoms with Gasteiger partial charge in [-0.25, -0.2) is 0 Å². The molecule has 0 aliphatic heterocycles. The van der Waals surface area contributed by atoms with Crippen LogP contribution in [0, 0.1) is 5.92 Å². The van der Waals surface area contributed by atoms with E-state index in [2.05, 4.69) is 19.2 Å². The molecule has 0 heterocycles. The van der Waals surface area contributed by atoms with Crippen molar-refractivity contribution in [2.45, 2.75) is 52.7 Å². The summed E-state index contributed by atoms with van der Waals surface area (Å²) in [6.45, 7) is 12.3. The van der Waals surface area contributed by atoms with Gasteiger partial charge in [0.25, 0.3) is 0 Å². The van der Waals surface area contributed by atoms with Crippen LogP contribution in [0.15, 0.2) is 0 Å². The second kappa shape index (κ2) is 7.20. The van der Waals surface area contributed by atoms with Crippen LogP contribution in [0.4, 0.5) is 0 Å². The van der Waals surface area contributed by atoms with Crippen LogP contribution < -0.4 is 5.32 Å². The van der Waals surface area contributed by atoms with Crippen LogP contribution in [0.5, 0.6) is 0 Å². The van der Waals surface area contributed by atoms with Gasteiger partial charge >= 0.3 is 0 Å². The summed E-state index contributed by atoms with van der Waals surface area (Å²) in [4.78, 5) is 0. The lowest BCUT2D eigenvalue weighted by Crippen LogP contribution is -2.45. The van der Waals surface area contributed by atoms with Gasteiger partial charge in [0.2, 0.25) is 0 Å². The van der Waals surface area contributed by atoms with E-state index < -0.39 is 5.60 Å². The zero-order valence-electron chi connectivity index (χ0n) is 10.8. The van der Waals surface area contributed by atoms with Crippen LogP contribution in [-0.4, -0.2) is 36.5 Å². The van der Waals surface area contributed by atoms with Gasteiger partial charge in [0.1, 0.15) is 0 Å². The number of hydrogen-bond donors (Lipinski definition) is 2. The van der Waals surface area contributed by atoms with Gasteiger partial charge in [-0.1, -0.05) is 13.8 Å². The van der Waals surface area contributed by atoms with Crippen LogP contribution >= 0.6 is 0 Å². The molecule has 15 heavy (non-hydrogen) atoms. The first-order chi connectivity index (χ1) is 6.84. The lowest BCUT2D eigenvalue weighted by atomic mass is 10.0. The zero-order valence-corrected chi connectivity index (χ0v) is 10.8. The molecule has 0 saturated carbocycles. The number of hydrogen-bond acceptors (Lipinski definition) is 3. The first kappa shape index (κ1) is 14.9. The van der Waals surface area contributed by atoms with E-state index in [0.29, 0.717) is 12.5 Å². The standard InChI is InChI=1S/C12H27NO2/c1-10(2)6-8-15-9-7-13-11(3)12(4,5)14/h10-11,13-14H,6-9H2,1-5H3. The normalized spacial score (nSPS) is 14.6. The minimum Gasteiger partial charge on any atom is -0.389 e. The molecule has 1 unspecified atom stereocenters. The fourth-order valence-electron chi connectivity index (χ4n) is 1.02. The minimum absolute atomic E-state index is 0.0891. The van der Waals surface area contributed by atoms with E-state index in [-0.39, 0.29) is 6.04 Å². The maximum Gasteiger partial charge on any atom is 0.0741 e. The SMILES string of the molecule is CC(C)CCOCCNC(C)C(C)(C)O. The van der Waals surface area contributed by atoms with Crippen molar-refractivity contribution in [3.8, 4) is 0 Å². The molecule has 0 amide bonds. The Morgan fingerprint density at radius 1 is 1.20 bits per heavy atom. The summed E-state index contributed by atoms with van der Waals surface area (Å²) in [7, 11) is 0. The third kappa shape index (κ3) is 8.85. The van der Waals surface area contributed by atoms with Crippen LogP contribution in [0.25, 0.3) is 0 Å². The van der Waals surface area contributed by atoms with E-state index in [1.807, 2.05) is 20.8 Å². The van der Waals surface area contributed by atoms with Crippen LogP contribution in [-0.2, 0) is 4.74 Å². The van der Waals surface area contributed by atoms with Crippen molar-refractivity contribution in [2.75, 3.05) is 19.8 Å². The molecular formula is C12H27NO2. The molecule has 1 atom stereocenters. The highest BCUT2D eigenvalue weighted by molar-refractivity contribution is 4.79. The molecule has 0 rings (SSSR count). The second-order valence-corrected chi connectivity index (χ2v) is 5.12. The van der Waals surface area contributed by atoms with Gasteiger partial charge in [-0.05, 0) is 33.1 Å². The molecule has 0 aromatic carbocycles. The molecular weight excluding hydrogens is 190 g/mol. The van der Waals surface area contributed by atoms with E-state index in [4.69, 9.17) is 4.74 Å². The molecule has 3 heteroatoms. The maximum atomic E-state index is 9.66. The molecule has 0 aromatic heterocycles. The Bertz CT molecular complexity index is 152. The molecule has 0 spiro atoms. The molecule has 3 nitrogen and oxygen atoms in total. The van der Waals surface area contributed by atoms with E-state index in [1.54, 1.807) is 0 Å². The van der Waals surface area contributed by atoms with Gasteiger partial charge < -0.3 is 15.2 Å². The number of aliphatic hydroxyl groups is 1. The Morgan fingerprint density at radius 3 is 2.27 bits per heavy atom. The van der Waals surface area contributed by atoms with Gasteiger partial charge in [-0.2, -0.15) is 0 Å². The highest BCUT2D eigenvalue weighted by atomic mass is 16.5. The molecule has 0 bridgehead atoms. The summed E-state index contributed by atoms with van der Waals surface area (Å²) in [6, 6.07) is 0.0891. The fraction of sp³-hybridized carbons (Fsp3) is 1.00. The Hall–Kier alpha value is -0.120. The number of rotatable bonds is 8. The quantitative estimate of drug-likeness (QED) is 0.609. The smallest absolute Gasteiger partial charge is 0.0741 e. The third-order valence-corrected chi connectivity index (χ3v) is 2.60. The van der Waals surface area contributed by atoms with Crippen LogP contribution in [0.2, 0.25) is 0 Å². The van der Waals surface area contributed by atoms with Crippen molar-refractivity contribution in [1.82, 2.24) is 5.32 Å². The van der Waals surface area contributed by atoms with Crippen molar-refractivity contribution < 1.29 is 9.84 Å². The first-order valence-corrected chi connectivity index (χ1v) is 5.87. The van der Waals surface area contributed by atoms with Crippen molar-refractivity contribution in [3.63, 3.8) is 0 Å². The summed E-state index contributed by atoms with van der Waals surface area (Å²) < 4.78 is 5.46. The Kier molecular flexibility index (Phi) is 7.14. The van der Waals surface area contributed by atoms with E-state index in [9.17, 15) is 5.11 Å². The van der Waals surface area contributed by atoms with Gasteiger partial charge in [-0.15, -0.1) is 0 Å². The zero-order chi connectivity index (χ0) is 11.9. The van der Waals surface area contributed by atoms with E-state index in [1.165, 1.54) is 0 Å². The van der Waals surface area contributed by atoms with Crippen LogP contribution in [0.3, 0.4) is 0 Å². The molecule has 92 valence electrons. The summed E-state index contributed by atoms with van der Waals surface area (Å²) >= 11 is 0. The molecule has 0 aliphatic carbocycles. The maximum absolute atomic E-state index is 9.66. The largest absolute Gasteiger partial charge is 0.389 e.